The standard InChI is InChI=1S/C28H31ClFN5O5/c1-15-9-16-5-3-7-32-25(16)35(15)18-11-19(12-18)40-28(39)33-13-17-10-21(29)20-14-34(27(38)23(20)24(17)30)22(6-4-8-36)26(37)31-2/h3,5,7-8,10,15,18-19,22H,4,6,9,11-14H2,1-2H3,(H,31,37)(H,33,39). The van der Waals surface area contributed by atoms with Gasteiger partial charge in [0, 0.05) is 73.8 Å². The summed E-state index contributed by atoms with van der Waals surface area (Å²) in [5.74, 6) is -0.963. The Morgan fingerprint density at radius 3 is 2.85 bits per heavy atom. The zero-order chi connectivity index (χ0) is 28.6. The average molecular weight is 572 g/mol. The minimum absolute atomic E-state index is 0.0281. The van der Waals surface area contributed by atoms with Gasteiger partial charge in [-0.25, -0.2) is 14.2 Å². The highest BCUT2D eigenvalue weighted by Crippen LogP contribution is 2.39. The number of likely N-dealkylation sites (N-methyl/N-ethyl adjacent to an activating group) is 1. The van der Waals surface area contributed by atoms with Gasteiger partial charge in [0.05, 0.1) is 5.56 Å². The summed E-state index contributed by atoms with van der Waals surface area (Å²) in [6.45, 7) is 1.87. The van der Waals surface area contributed by atoms with Crippen LogP contribution in [0.25, 0.3) is 0 Å². The molecule has 1 saturated carbocycles. The molecule has 2 unspecified atom stereocenters. The molecule has 0 radical (unpaired) electrons. The van der Waals surface area contributed by atoms with Gasteiger partial charge in [-0.3, -0.25) is 9.59 Å². The summed E-state index contributed by atoms with van der Waals surface area (Å²) in [5.41, 5.74) is 1.29. The van der Waals surface area contributed by atoms with Crippen molar-refractivity contribution in [2.75, 3.05) is 11.9 Å². The fourth-order valence-electron chi connectivity index (χ4n) is 5.88. The largest absolute Gasteiger partial charge is 0.446 e. The van der Waals surface area contributed by atoms with Crippen molar-refractivity contribution in [3.8, 4) is 0 Å². The lowest BCUT2D eigenvalue weighted by molar-refractivity contribution is -0.125. The van der Waals surface area contributed by atoms with E-state index < -0.39 is 29.8 Å². The maximum Gasteiger partial charge on any atom is 0.407 e. The zero-order valence-electron chi connectivity index (χ0n) is 22.3. The monoisotopic (exact) mass is 571 g/mol. The molecule has 2 atom stereocenters. The molecule has 10 nitrogen and oxygen atoms in total. The van der Waals surface area contributed by atoms with Gasteiger partial charge in [-0.05, 0) is 37.5 Å². The van der Waals surface area contributed by atoms with Crippen LogP contribution in [-0.4, -0.2) is 65.4 Å². The van der Waals surface area contributed by atoms with E-state index in [-0.39, 0.29) is 59.8 Å². The van der Waals surface area contributed by atoms with Crippen LogP contribution in [0.4, 0.5) is 15.0 Å². The number of carbonyl (C=O) groups is 4. The molecule has 12 heteroatoms. The quantitative estimate of drug-likeness (QED) is 0.444. The Hall–Kier alpha value is -3.73. The summed E-state index contributed by atoms with van der Waals surface area (Å²) >= 11 is 6.40. The molecular weight excluding hydrogens is 541 g/mol. The first-order chi connectivity index (χ1) is 19.2. The van der Waals surface area contributed by atoms with Gasteiger partial charge in [0.1, 0.15) is 30.1 Å². The second-order valence-corrected chi connectivity index (χ2v) is 10.9. The zero-order valence-corrected chi connectivity index (χ0v) is 23.0. The van der Waals surface area contributed by atoms with Crippen molar-refractivity contribution in [2.45, 2.75) is 76.3 Å². The van der Waals surface area contributed by atoms with Crippen LogP contribution in [0.3, 0.4) is 0 Å². The summed E-state index contributed by atoms with van der Waals surface area (Å²) in [6.07, 6.45) is 3.95. The van der Waals surface area contributed by atoms with Crippen molar-refractivity contribution in [3.05, 3.63) is 57.5 Å². The summed E-state index contributed by atoms with van der Waals surface area (Å²) in [7, 11) is 1.42. The number of halogens is 2. The topological polar surface area (TPSA) is 121 Å². The maximum absolute atomic E-state index is 15.5. The molecule has 2 aromatic rings. The van der Waals surface area contributed by atoms with Crippen LogP contribution in [0.2, 0.25) is 5.02 Å². The van der Waals surface area contributed by atoms with E-state index in [0.717, 1.165) is 12.2 Å². The molecule has 1 aliphatic carbocycles. The van der Waals surface area contributed by atoms with Crippen LogP contribution in [-0.2, 0) is 33.8 Å². The van der Waals surface area contributed by atoms with Crippen LogP contribution in [0.5, 0.6) is 0 Å². The molecule has 0 saturated heterocycles. The number of anilines is 1. The van der Waals surface area contributed by atoms with Crippen molar-refractivity contribution >= 4 is 41.6 Å². The number of hydrogen-bond acceptors (Lipinski definition) is 7. The molecule has 3 aliphatic rings. The highest BCUT2D eigenvalue weighted by Gasteiger charge is 2.42. The smallest absolute Gasteiger partial charge is 0.407 e. The normalized spacial score (nSPS) is 21.8. The van der Waals surface area contributed by atoms with E-state index in [0.29, 0.717) is 25.2 Å². The fraction of sp³-hybridized carbons (Fsp3) is 0.464. The summed E-state index contributed by atoms with van der Waals surface area (Å²) < 4.78 is 21.0. The Labute approximate surface area is 236 Å². The third kappa shape index (κ3) is 5.10. The molecule has 2 N–H and O–H groups in total. The number of fused-ring (bicyclic) bond motifs is 2. The van der Waals surface area contributed by atoms with E-state index in [2.05, 4.69) is 33.5 Å². The van der Waals surface area contributed by atoms with Gasteiger partial charge in [0.25, 0.3) is 5.91 Å². The van der Waals surface area contributed by atoms with Crippen LogP contribution in [0, 0.1) is 5.82 Å². The van der Waals surface area contributed by atoms with E-state index >= 15 is 4.39 Å². The number of nitrogens with zero attached hydrogens (tertiary/aromatic N) is 3. The van der Waals surface area contributed by atoms with Crippen molar-refractivity contribution in [1.29, 1.82) is 0 Å². The molecular formula is C28H31ClFN5O5. The van der Waals surface area contributed by atoms with Gasteiger partial charge in [-0.1, -0.05) is 17.7 Å². The first kappa shape index (κ1) is 27.8. The Balaban J connectivity index is 1.19. The molecule has 3 amide bonds. The lowest BCUT2D eigenvalue weighted by Gasteiger charge is -2.43. The van der Waals surface area contributed by atoms with Crippen LogP contribution in [0.1, 0.15) is 59.7 Å². The molecule has 1 fully saturated rings. The second-order valence-electron chi connectivity index (χ2n) is 10.4. The number of nitrogens with one attached hydrogen (secondary N) is 2. The van der Waals surface area contributed by atoms with Crippen molar-refractivity contribution < 1.29 is 28.3 Å². The van der Waals surface area contributed by atoms with E-state index in [4.69, 9.17) is 16.3 Å². The summed E-state index contributed by atoms with van der Waals surface area (Å²) in [5, 5.41) is 5.19. The van der Waals surface area contributed by atoms with Crippen LogP contribution in [0.15, 0.2) is 24.4 Å². The molecule has 1 aromatic carbocycles. The molecule has 1 aromatic heterocycles. The lowest BCUT2D eigenvalue weighted by atomic mass is 9.87. The number of pyridine rings is 1. The number of amides is 3. The summed E-state index contributed by atoms with van der Waals surface area (Å²) in [6, 6.07) is 5.01. The van der Waals surface area contributed by atoms with Crippen molar-refractivity contribution in [1.82, 2.24) is 20.5 Å². The van der Waals surface area contributed by atoms with Crippen LogP contribution < -0.4 is 15.5 Å². The Bertz CT molecular complexity index is 1350. The minimum atomic E-state index is -0.943. The third-order valence-corrected chi connectivity index (χ3v) is 8.28. The first-order valence-corrected chi connectivity index (χ1v) is 13.7. The second kappa shape index (κ2) is 11.4. The number of carbonyl (C=O) groups excluding carboxylic acids is 4. The van der Waals surface area contributed by atoms with Gasteiger partial charge < -0.3 is 30.0 Å². The van der Waals surface area contributed by atoms with E-state index in [1.807, 2.05) is 6.07 Å². The fourth-order valence-corrected chi connectivity index (χ4v) is 6.17. The third-order valence-electron chi connectivity index (χ3n) is 7.94. The molecule has 212 valence electrons. The molecule has 40 heavy (non-hydrogen) atoms. The number of alkyl carbamates (subject to hydrolysis) is 1. The Morgan fingerprint density at radius 1 is 1.35 bits per heavy atom. The minimum Gasteiger partial charge on any atom is -0.446 e. The molecule has 3 heterocycles. The first-order valence-electron chi connectivity index (χ1n) is 13.4. The van der Waals surface area contributed by atoms with Crippen molar-refractivity contribution in [3.63, 3.8) is 0 Å². The van der Waals surface area contributed by atoms with Gasteiger partial charge >= 0.3 is 6.09 Å². The summed E-state index contributed by atoms with van der Waals surface area (Å²) in [4.78, 5) is 56.9. The van der Waals surface area contributed by atoms with Crippen molar-refractivity contribution in [2.24, 2.45) is 0 Å². The highest BCUT2D eigenvalue weighted by molar-refractivity contribution is 6.32. The number of hydrogen-bond donors (Lipinski definition) is 2. The number of rotatable bonds is 9. The number of benzene rings is 1. The predicted octanol–water partition coefficient (Wildman–Crippen LogP) is 3.13. The van der Waals surface area contributed by atoms with Gasteiger partial charge in [-0.2, -0.15) is 0 Å². The highest BCUT2D eigenvalue weighted by atomic mass is 35.5. The van der Waals surface area contributed by atoms with Crippen LogP contribution >= 0.6 is 11.6 Å². The maximum atomic E-state index is 15.5. The number of aldehydes is 1. The molecule has 0 spiro atoms. The molecule has 5 rings (SSSR count). The van der Waals surface area contributed by atoms with Gasteiger partial charge in [0.15, 0.2) is 0 Å². The average Bonchev–Trinajstić information content (AvgIpc) is 3.44. The number of ether oxygens (including phenoxy) is 1. The number of aromatic nitrogens is 1. The van der Waals surface area contributed by atoms with E-state index in [1.165, 1.54) is 23.6 Å². The van der Waals surface area contributed by atoms with Gasteiger partial charge in [0.2, 0.25) is 5.91 Å². The van der Waals surface area contributed by atoms with Gasteiger partial charge in [-0.15, -0.1) is 0 Å². The molecule has 2 aliphatic heterocycles. The van der Waals surface area contributed by atoms with E-state index in [1.54, 1.807) is 6.20 Å². The Kier molecular flexibility index (Phi) is 7.93. The SMILES string of the molecule is CNC(=O)C(CCC=O)N1Cc2c(Cl)cc(CNC(=O)OC3CC(N4c5ncccc5CC4C)C3)c(F)c2C1=O. The molecule has 0 bridgehead atoms. The van der Waals surface area contributed by atoms with E-state index in [9.17, 15) is 19.2 Å². The predicted molar refractivity (Wildman–Crippen MR) is 144 cm³/mol. The Morgan fingerprint density at radius 2 is 2.12 bits per heavy atom. The lowest BCUT2D eigenvalue weighted by Crippen LogP contribution is -2.51.